The minimum absolute atomic E-state index is 0.114. The summed E-state index contributed by atoms with van der Waals surface area (Å²) in [5, 5.41) is 11.2. The van der Waals surface area contributed by atoms with E-state index in [0.717, 1.165) is 6.54 Å². The predicted octanol–water partition coefficient (Wildman–Crippen LogP) is 3.07. The quantitative estimate of drug-likeness (QED) is 0.916. The average molecular weight is 284 g/mol. The van der Waals surface area contributed by atoms with Crippen LogP contribution in [0.2, 0.25) is 5.02 Å². The number of hydrogen-bond donors (Lipinski definition) is 1. The molecule has 1 heterocycles. The molecule has 4 nitrogen and oxygen atoms in total. The van der Waals surface area contributed by atoms with Gasteiger partial charge in [-0.1, -0.05) is 31.5 Å². The Bertz CT molecular complexity index is 536. The molecule has 0 spiro atoms. The average Bonchev–Trinajstić information content (AvgIpc) is 2.77. The van der Waals surface area contributed by atoms with E-state index in [1.54, 1.807) is 6.07 Å². The Morgan fingerprint density at radius 1 is 1.37 bits per heavy atom. The molecule has 1 aromatic carbocycles. The van der Waals surface area contributed by atoms with Crippen molar-refractivity contribution in [2.75, 3.05) is 6.54 Å². The largest absolute Gasteiger partial charge is 0.420 e. The number of nitrogens with one attached hydrogen (secondary N) is 1. The van der Waals surface area contributed by atoms with E-state index in [0.29, 0.717) is 18.4 Å². The molecule has 0 bridgehead atoms. The smallest absolute Gasteiger partial charge is 0.252 e. The Hall–Kier alpha value is -1.46. The SMILES string of the molecule is CC(C)NCCc1nnc(-c2c(F)cccc2Cl)o1. The van der Waals surface area contributed by atoms with E-state index in [1.165, 1.54) is 12.1 Å². The molecule has 0 aliphatic rings. The van der Waals surface area contributed by atoms with Crippen LogP contribution in [-0.4, -0.2) is 22.8 Å². The van der Waals surface area contributed by atoms with Gasteiger partial charge in [0, 0.05) is 19.0 Å². The molecule has 19 heavy (non-hydrogen) atoms. The van der Waals surface area contributed by atoms with Crippen LogP contribution in [-0.2, 0) is 6.42 Å². The molecule has 0 saturated heterocycles. The van der Waals surface area contributed by atoms with Gasteiger partial charge in [0.2, 0.25) is 5.89 Å². The van der Waals surface area contributed by atoms with Gasteiger partial charge in [0.1, 0.15) is 5.82 Å². The molecule has 0 saturated carbocycles. The van der Waals surface area contributed by atoms with Gasteiger partial charge in [0.15, 0.2) is 0 Å². The van der Waals surface area contributed by atoms with Crippen molar-refractivity contribution >= 4 is 11.6 Å². The van der Waals surface area contributed by atoms with Crippen LogP contribution in [0.1, 0.15) is 19.7 Å². The van der Waals surface area contributed by atoms with Gasteiger partial charge < -0.3 is 9.73 Å². The summed E-state index contributed by atoms with van der Waals surface area (Å²) >= 11 is 5.94. The second-order valence-electron chi connectivity index (χ2n) is 4.46. The number of aromatic nitrogens is 2. The Morgan fingerprint density at radius 3 is 2.84 bits per heavy atom. The zero-order valence-electron chi connectivity index (χ0n) is 10.8. The molecule has 2 rings (SSSR count). The maximum Gasteiger partial charge on any atom is 0.252 e. The summed E-state index contributed by atoms with van der Waals surface area (Å²) in [5.74, 6) is 0.105. The van der Waals surface area contributed by atoms with Crippen molar-refractivity contribution in [3.63, 3.8) is 0 Å². The van der Waals surface area contributed by atoms with Gasteiger partial charge in [-0.25, -0.2) is 4.39 Å². The molecule has 102 valence electrons. The Labute approximate surface area is 116 Å². The van der Waals surface area contributed by atoms with E-state index in [2.05, 4.69) is 29.4 Å². The van der Waals surface area contributed by atoms with Crippen molar-refractivity contribution < 1.29 is 8.81 Å². The summed E-state index contributed by atoms with van der Waals surface area (Å²) in [4.78, 5) is 0. The molecular formula is C13H15ClFN3O. The van der Waals surface area contributed by atoms with Crippen molar-refractivity contribution in [3.8, 4) is 11.5 Å². The minimum Gasteiger partial charge on any atom is -0.420 e. The number of rotatable bonds is 5. The van der Waals surface area contributed by atoms with Crippen molar-refractivity contribution in [3.05, 3.63) is 34.9 Å². The fraction of sp³-hybridized carbons (Fsp3) is 0.385. The summed E-state index contributed by atoms with van der Waals surface area (Å²) in [6.07, 6.45) is 0.594. The number of nitrogens with zero attached hydrogens (tertiary/aromatic N) is 2. The third-order valence-electron chi connectivity index (χ3n) is 2.53. The first-order valence-electron chi connectivity index (χ1n) is 6.08. The summed E-state index contributed by atoms with van der Waals surface area (Å²) in [5.41, 5.74) is 0.153. The fourth-order valence-electron chi connectivity index (χ4n) is 1.63. The zero-order valence-corrected chi connectivity index (χ0v) is 11.5. The normalized spacial score (nSPS) is 11.2. The first kappa shape index (κ1) is 14.0. The number of halogens is 2. The van der Waals surface area contributed by atoms with Crippen molar-refractivity contribution in [2.24, 2.45) is 0 Å². The first-order valence-corrected chi connectivity index (χ1v) is 6.46. The van der Waals surface area contributed by atoms with Gasteiger partial charge in [-0.05, 0) is 12.1 Å². The molecule has 0 aliphatic heterocycles. The second-order valence-corrected chi connectivity index (χ2v) is 4.86. The van der Waals surface area contributed by atoms with Gasteiger partial charge in [0.05, 0.1) is 10.6 Å². The minimum atomic E-state index is -0.469. The number of benzene rings is 1. The molecule has 6 heteroatoms. The molecule has 0 radical (unpaired) electrons. The third kappa shape index (κ3) is 3.52. The lowest BCUT2D eigenvalue weighted by Gasteiger charge is -2.04. The molecule has 0 atom stereocenters. The molecule has 0 amide bonds. The van der Waals surface area contributed by atoms with Gasteiger partial charge in [-0.3, -0.25) is 0 Å². The molecular weight excluding hydrogens is 269 g/mol. The van der Waals surface area contributed by atoms with Gasteiger partial charge in [0.25, 0.3) is 5.89 Å². The highest BCUT2D eigenvalue weighted by atomic mass is 35.5. The van der Waals surface area contributed by atoms with Crippen LogP contribution in [0.25, 0.3) is 11.5 Å². The van der Waals surface area contributed by atoms with E-state index in [9.17, 15) is 4.39 Å². The van der Waals surface area contributed by atoms with Crippen LogP contribution in [0.5, 0.6) is 0 Å². The molecule has 0 fully saturated rings. The van der Waals surface area contributed by atoms with Gasteiger partial charge >= 0.3 is 0 Å². The highest BCUT2D eigenvalue weighted by Crippen LogP contribution is 2.29. The summed E-state index contributed by atoms with van der Waals surface area (Å²) < 4.78 is 19.1. The molecule has 0 unspecified atom stereocenters. The van der Waals surface area contributed by atoms with E-state index < -0.39 is 5.82 Å². The summed E-state index contributed by atoms with van der Waals surface area (Å²) in [6, 6.07) is 4.82. The Balaban J connectivity index is 2.12. The zero-order chi connectivity index (χ0) is 13.8. The third-order valence-corrected chi connectivity index (χ3v) is 2.85. The van der Waals surface area contributed by atoms with Crippen LogP contribution >= 0.6 is 11.6 Å². The fourth-order valence-corrected chi connectivity index (χ4v) is 1.87. The second kappa shape index (κ2) is 6.12. The standard InChI is InChI=1S/C13H15ClFN3O/c1-8(2)16-7-6-11-17-18-13(19-11)12-9(14)4-3-5-10(12)15/h3-5,8,16H,6-7H2,1-2H3. The highest BCUT2D eigenvalue weighted by molar-refractivity contribution is 6.33. The lowest BCUT2D eigenvalue weighted by Crippen LogP contribution is -2.25. The van der Waals surface area contributed by atoms with E-state index >= 15 is 0 Å². The molecule has 2 aromatic rings. The van der Waals surface area contributed by atoms with Gasteiger partial charge in [-0.15, -0.1) is 10.2 Å². The lowest BCUT2D eigenvalue weighted by atomic mass is 10.2. The maximum atomic E-state index is 13.7. The van der Waals surface area contributed by atoms with Crippen LogP contribution in [0, 0.1) is 5.82 Å². The van der Waals surface area contributed by atoms with E-state index in [4.69, 9.17) is 16.0 Å². The van der Waals surface area contributed by atoms with Crippen LogP contribution in [0.3, 0.4) is 0 Å². The van der Waals surface area contributed by atoms with E-state index in [-0.39, 0.29) is 16.5 Å². The first-order chi connectivity index (χ1) is 9.08. The van der Waals surface area contributed by atoms with Crippen molar-refractivity contribution in [2.45, 2.75) is 26.3 Å². The van der Waals surface area contributed by atoms with Gasteiger partial charge in [-0.2, -0.15) is 0 Å². The summed E-state index contributed by atoms with van der Waals surface area (Å²) in [6.45, 7) is 4.83. The molecule has 1 aromatic heterocycles. The van der Waals surface area contributed by atoms with Crippen molar-refractivity contribution in [1.82, 2.24) is 15.5 Å². The van der Waals surface area contributed by atoms with Crippen molar-refractivity contribution in [1.29, 1.82) is 0 Å². The molecule has 0 aliphatic carbocycles. The maximum absolute atomic E-state index is 13.7. The number of hydrogen-bond acceptors (Lipinski definition) is 4. The molecule has 1 N–H and O–H groups in total. The monoisotopic (exact) mass is 283 g/mol. The van der Waals surface area contributed by atoms with E-state index in [1.807, 2.05) is 0 Å². The topological polar surface area (TPSA) is 51.0 Å². The van der Waals surface area contributed by atoms with Crippen LogP contribution in [0.15, 0.2) is 22.6 Å². The van der Waals surface area contributed by atoms with Crippen LogP contribution in [0.4, 0.5) is 4.39 Å². The Morgan fingerprint density at radius 2 is 2.16 bits per heavy atom. The lowest BCUT2D eigenvalue weighted by molar-refractivity contribution is 0.482. The van der Waals surface area contributed by atoms with Crippen LogP contribution < -0.4 is 5.32 Å². The summed E-state index contributed by atoms with van der Waals surface area (Å²) in [7, 11) is 0. The predicted molar refractivity (Wildman–Crippen MR) is 71.5 cm³/mol. The Kier molecular flexibility index (Phi) is 4.50. The highest BCUT2D eigenvalue weighted by Gasteiger charge is 2.16.